The van der Waals surface area contributed by atoms with E-state index in [9.17, 15) is 0 Å². The molecule has 1 aromatic heterocycles. The summed E-state index contributed by atoms with van der Waals surface area (Å²) in [7, 11) is 0. The predicted molar refractivity (Wildman–Crippen MR) is 84.9 cm³/mol. The molecule has 0 spiro atoms. The average molecular weight is 344 g/mol. The molecule has 0 radical (unpaired) electrons. The van der Waals surface area contributed by atoms with E-state index >= 15 is 0 Å². The molecule has 0 nitrogen and oxygen atoms in total. The molecular formula is C15H16BrClS. The highest BCUT2D eigenvalue weighted by molar-refractivity contribution is 9.11. The highest BCUT2D eigenvalue weighted by Crippen LogP contribution is 2.39. The van der Waals surface area contributed by atoms with Crippen LogP contribution < -0.4 is 0 Å². The van der Waals surface area contributed by atoms with Crippen molar-refractivity contribution in [3.05, 3.63) is 56.2 Å². The fourth-order valence-electron chi connectivity index (χ4n) is 2.02. The van der Waals surface area contributed by atoms with Gasteiger partial charge in [-0.2, -0.15) is 0 Å². The number of benzene rings is 1. The maximum absolute atomic E-state index is 6.65. The van der Waals surface area contributed by atoms with E-state index in [0.717, 1.165) is 3.79 Å². The fourth-order valence-corrected chi connectivity index (χ4v) is 3.84. The van der Waals surface area contributed by atoms with Crippen molar-refractivity contribution in [3.8, 4) is 0 Å². The molecule has 0 N–H and O–H groups in total. The summed E-state index contributed by atoms with van der Waals surface area (Å²) < 4.78 is 1.12. The van der Waals surface area contributed by atoms with Crippen LogP contribution in [0.25, 0.3) is 0 Å². The molecule has 0 bridgehead atoms. The third kappa shape index (κ3) is 2.98. The molecule has 1 heterocycles. The summed E-state index contributed by atoms with van der Waals surface area (Å²) in [5, 5.41) is -0.0725. The van der Waals surface area contributed by atoms with Gasteiger partial charge in [0, 0.05) is 4.88 Å². The van der Waals surface area contributed by atoms with Crippen molar-refractivity contribution in [3.63, 3.8) is 0 Å². The molecule has 0 aliphatic heterocycles. The quantitative estimate of drug-likeness (QED) is 0.575. The van der Waals surface area contributed by atoms with Crippen LogP contribution in [0, 0.1) is 0 Å². The van der Waals surface area contributed by atoms with Crippen molar-refractivity contribution in [2.75, 3.05) is 0 Å². The molecular weight excluding hydrogens is 328 g/mol. The standard InChI is InChI=1S/C15H16BrClS/c1-15(2,3)11-7-5-4-6-10(11)14(17)12-8-9-13(16)18-12/h4-9,14H,1-3H3. The highest BCUT2D eigenvalue weighted by Gasteiger charge is 2.23. The van der Waals surface area contributed by atoms with Gasteiger partial charge in [-0.1, -0.05) is 45.0 Å². The van der Waals surface area contributed by atoms with Crippen molar-refractivity contribution >= 4 is 38.9 Å². The molecule has 0 aliphatic carbocycles. The number of thiophene rings is 1. The molecule has 1 atom stereocenters. The second kappa shape index (κ2) is 5.36. The lowest BCUT2D eigenvalue weighted by atomic mass is 9.83. The summed E-state index contributed by atoms with van der Waals surface area (Å²) in [5.74, 6) is 0. The van der Waals surface area contributed by atoms with Crippen molar-refractivity contribution < 1.29 is 0 Å². The second-order valence-corrected chi connectivity index (χ2v) is 8.27. The van der Waals surface area contributed by atoms with Gasteiger partial charge in [0.15, 0.2) is 0 Å². The lowest BCUT2D eigenvalue weighted by Gasteiger charge is -2.24. The van der Waals surface area contributed by atoms with Crippen LogP contribution in [0.15, 0.2) is 40.2 Å². The third-order valence-electron chi connectivity index (χ3n) is 2.89. The van der Waals surface area contributed by atoms with Crippen molar-refractivity contribution in [2.45, 2.75) is 31.6 Å². The number of halogens is 2. The van der Waals surface area contributed by atoms with E-state index < -0.39 is 0 Å². The van der Waals surface area contributed by atoms with Crippen LogP contribution in [-0.4, -0.2) is 0 Å². The van der Waals surface area contributed by atoms with E-state index in [2.05, 4.69) is 73.1 Å². The molecule has 0 saturated carbocycles. The molecule has 2 rings (SSSR count). The summed E-state index contributed by atoms with van der Waals surface area (Å²) in [5.41, 5.74) is 2.63. The monoisotopic (exact) mass is 342 g/mol. The van der Waals surface area contributed by atoms with Crippen LogP contribution in [0.5, 0.6) is 0 Å². The smallest absolute Gasteiger partial charge is 0.0931 e. The van der Waals surface area contributed by atoms with Crippen LogP contribution in [0.2, 0.25) is 0 Å². The van der Waals surface area contributed by atoms with Gasteiger partial charge in [-0.25, -0.2) is 0 Å². The van der Waals surface area contributed by atoms with E-state index in [4.69, 9.17) is 11.6 Å². The summed E-state index contributed by atoms with van der Waals surface area (Å²) >= 11 is 11.8. The maximum Gasteiger partial charge on any atom is 0.0931 e. The van der Waals surface area contributed by atoms with E-state index in [-0.39, 0.29) is 10.8 Å². The van der Waals surface area contributed by atoms with E-state index in [1.807, 2.05) is 0 Å². The van der Waals surface area contributed by atoms with E-state index in [1.165, 1.54) is 16.0 Å². The predicted octanol–water partition coefficient (Wildman–Crippen LogP) is 6.14. The Morgan fingerprint density at radius 2 is 1.78 bits per heavy atom. The summed E-state index contributed by atoms with van der Waals surface area (Å²) in [4.78, 5) is 1.18. The van der Waals surface area contributed by atoms with Gasteiger partial charge in [-0.15, -0.1) is 22.9 Å². The minimum Gasteiger partial charge on any atom is -0.131 e. The average Bonchev–Trinajstić information content (AvgIpc) is 2.74. The van der Waals surface area contributed by atoms with Gasteiger partial charge in [-0.05, 0) is 44.6 Å². The second-order valence-electron chi connectivity index (χ2n) is 5.34. The molecule has 0 fully saturated rings. The maximum atomic E-state index is 6.65. The van der Waals surface area contributed by atoms with Crippen LogP contribution >= 0.6 is 38.9 Å². The van der Waals surface area contributed by atoms with Gasteiger partial charge in [0.25, 0.3) is 0 Å². The number of hydrogen-bond acceptors (Lipinski definition) is 1. The van der Waals surface area contributed by atoms with Crippen molar-refractivity contribution in [1.82, 2.24) is 0 Å². The first-order valence-corrected chi connectivity index (χ1v) is 7.93. The normalized spacial score (nSPS) is 13.6. The third-order valence-corrected chi connectivity index (χ3v) is 5.17. The Balaban J connectivity index is 2.45. The van der Waals surface area contributed by atoms with E-state index in [1.54, 1.807) is 11.3 Å². The Hall–Kier alpha value is -0.310. The number of alkyl halides is 1. The van der Waals surface area contributed by atoms with Gasteiger partial charge < -0.3 is 0 Å². The lowest BCUT2D eigenvalue weighted by molar-refractivity contribution is 0.583. The fraction of sp³-hybridized carbons (Fsp3) is 0.333. The van der Waals surface area contributed by atoms with Gasteiger partial charge in [-0.3, -0.25) is 0 Å². The summed E-state index contributed by atoms with van der Waals surface area (Å²) in [6.07, 6.45) is 0. The molecule has 1 aromatic carbocycles. The summed E-state index contributed by atoms with van der Waals surface area (Å²) in [6.45, 7) is 6.67. The first-order chi connectivity index (χ1) is 8.39. The van der Waals surface area contributed by atoms with Crippen molar-refractivity contribution in [1.29, 1.82) is 0 Å². The van der Waals surface area contributed by atoms with Gasteiger partial charge in [0.05, 0.1) is 9.16 Å². The molecule has 3 heteroatoms. The molecule has 0 aliphatic rings. The topological polar surface area (TPSA) is 0 Å². The Labute approximate surface area is 126 Å². The molecule has 0 amide bonds. The first kappa shape index (κ1) is 14.1. The molecule has 0 saturated heterocycles. The van der Waals surface area contributed by atoms with Gasteiger partial charge in [0.1, 0.15) is 0 Å². The van der Waals surface area contributed by atoms with Crippen LogP contribution in [-0.2, 0) is 5.41 Å². The zero-order chi connectivity index (χ0) is 13.3. The minimum absolute atomic E-state index is 0.0725. The van der Waals surface area contributed by atoms with E-state index in [0.29, 0.717) is 0 Å². The van der Waals surface area contributed by atoms with Gasteiger partial charge in [0.2, 0.25) is 0 Å². The van der Waals surface area contributed by atoms with Crippen LogP contribution in [0.4, 0.5) is 0 Å². The van der Waals surface area contributed by atoms with Crippen LogP contribution in [0.1, 0.15) is 42.2 Å². The number of rotatable bonds is 2. The Bertz CT molecular complexity index is 539. The Morgan fingerprint density at radius 1 is 1.11 bits per heavy atom. The first-order valence-electron chi connectivity index (χ1n) is 5.88. The SMILES string of the molecule is CC(C)(C)c1ccccc1C(Cl)c1ccc(Br)s1. The highest BCUT2D eigenvalue weighted by atomic mass is 79.9. The molecule has 96 valence electrons. The zero-order valence-corrected chi connectivity index (χ0v) is 13.9. The molecule has 18 heavy (non-hydrogen) atoms. The Kier molecular flexibility index (Phi) is 4.20. The lowest BCUT2D eigenvalue weighted by Crippen LogP contribution is -2.14. The van der Waals surface area contributed by atoms with Gasteiger partial charge >= 0.3 is 0 Å². The largest absolute Gasteiger partial charge is 0.131 e. The zero-order valence-electron chi connectivity index (χ0n) is 10.7. The minimum atomic E-state index is -0.0725. The van der Waals surface area contributed by atoms with Crippen LogP contribution in [0.3, 0.4) is 0 Å². The molecule has 2 aromatic rings. The van der Waals surface area contributed by atoms with Crippen molar-refractivity contribution in [2.24, 2.45) is 0 Å². The number of hydrogen-bond donors (Lipinski definition) is 0. The summed E-state index contributed by atoms with van der Waals surface area (Å²) in [6, 6.07) is 12.6. The Morgan fingerprint density at radius 3 is 2.33 bits per heavy atom. The molecule has 1 unspecified atom stereocenters.